The normalized spacial score (nSPS) is 13.2. The number of hydrogen-bond acceptors (Lipinski definition) is 11. The van der Waals surface area contributed by atoms with E-state index in [0.29, 0.717) is 0 Å². The number of furan rings is 4. The lowest BCUT2D eigenvalue weighted by atomic mass is 9.82. The van der Waals surface area contributed by atoms with Crippen LogP contribution in [0.25, 0.3) is 301 Å². The van der Waals surface area contributed by atoms with Crippen molar-refractivity contribution in [3.05, 3.63) is 357 Å². The molecule has 1 aliphatic carbocycles. The molecule has 0 saturated carbocycles. The minimum atomic E-state index is -0.0283. The van der Waals surface area contributed by atoms with E-state index in [-0.39, 0.29) is 5.41 Å². The molecule has 1 aliphatic rings. The Kier molecular flexibility index (Phi) is 13.4. The number of aromatic nitrogens is 9. The van der Waals surface area contributed by atoms with Crippen LogP contribution in [0.15, 0.2) is 363 Å². The molecular formula is C117H63N9O4S. The van der Waals surface area contributed by atoms with Gasteiger partial charge in [0.15, 0.2) is 16.9 Å². The van der Waals surface area contributed by atoms with Gasteiger partial charge in [-0.05, 0) is 225 Å². The molecule has 13 nitrogen and oxygen atoms in total. The monoisotopic (exact) mass is 1690 g/mol. The number of rotatable bonds is 3. The van der Waals surface area contributed by atoms with E-state index < -0.39 is 0 Å². The molecule has 131 heavy (non-hydrogen) atoms. The summed E-state index contributed by atoms with van der Waals surface area (Å²) in [5.41, 5.74) is 37.2. The maximum Gasteiger partial charge on any atom is 0.165 e. The minimum absolute atomic E-state index is 0.0283. The number of thiophene rings is 1. The lowest BCUT2D eigenvalue weighted by molar-refractivity contribution is 0.660. The fourth-order valence-electron chi connectivity index (χ4n) is 22.7. The van der Waals surface area contributed by atoms with Crippen molar-refractivity contribution >= 4 is 267 Å². The van der Waals surface area contributed by atoms with Crippen LogP contribution in [0.2, 0.25) is 0 Å². The summed E-state index contributed by atoms with van der Waals surface area (Å²) in [6.07, 6.45) is 0. The highest BCUT2D eigenvalue weighted by Gasteiger charge is 2.36. The average Bonchev–Trinajstić information content (AvgIpc) is 1.53. The first kappa shape index (κ1) is 70.0. The molecule has 0 saturated heterocycles. The zero-order valence-corrected chi connectivity index (χ0v) is 70.8. The predicted octanol–water partition coefficient (Wildman–Crippen LogP) is 31.6. The van der Waals surface area contributed by atoms with Gasteiger partial charge in [-0.15, -0.1) is 11.3 Å². The predicted molar refractivity (Wildman–Crippen MR) is 538 cm³/mol. The van der Waals surface area contributed by atoms with Crippen LogP contribution in [0, 0.1) is 0 Å². The van der Waals surface area contributed by atoms with E-state index in [9.17, 15) is 0 Å². The van der Waals surface area contributed by atoms with Crippen LogP contribution in [-0.2, 0) is 5.41 Å². The smallest absolute Gasteiger partial charge is 0.165 e. The molecule has 0 fully saturated rings. The number of nitrogens with zero attached hydrogens (tertiary/aromatic N) is 9. The van der Waals surface area contributed by atoms with Crippen molar-refractivity contribution < 1.29 is 17.7 Å². The van der Waals surface area contributed by atoms with Crippen LogP contribution in [0.5, 0.6) is 0 Å². The molecule has 0 amide bonds. The maximum atomic E-state index is 6.37. The van der Waals surface area contributed by atoms with Crippen molar-refractivity contribution in [2.24, 2.45) is 0 Å². The van der Waals surface area contributed by atoms with Gasteiger partial charge in [0, 0.05) is 117 Å². The first-order valence-electron chi connectivity index (χ1n) is 44.3. The molecule has 14 heterocycles. The van der Waals surface area contributed by atoms with Crippen molar-refractivity contribution in [3.63, 3.8) is 0 Å². The Hall–Kier alpha value is -17.2. The van der Waals surface area contributed by atoms with Gasteiger partial charge >= 0.3 is 0 Å². The summed E-state index contributed by atoms with van der Waals surface area (Å²) < 4.78 is 34.8. The van der Waals surface area contributed by atoms with E-state index >= 15 is 0 Å². The van der Waals surface area contributed by atoms with E-state index in [4.69, 9.17) is 47.6 Å². The van der Waals surface area contributed by atoms with Gasteiger partial charge < -0.3 is 17.7 Å². The van der Waals surface area contributed by atoms with Crippen molar-refractivity contribution in [2.45, 2.75) is 19.3 Å². The van der Waals surface area contributed by atoms with Gasteiger partial charge in [-0.3, -0.25) is 13.2 Å². The molecule has 14 heteroatoms. The highest BCUT2D eigenvalue weighted by atomic mass is 32.1. The van der Waals surface area contributed by atoms with Gasteiger partial charge in [-0.2, -0.15) is 0 Å². The summed E-state index contributed by atoms with van der Waals surface area (Å²) >= 11 is 1.85. The van der Waals surface area contributed by atoms with Crippen LogP contribution in [0.3, 0.4) is 0 Å². The van der Waals surface area contributed by atoms with Crippen molar-refractivity contribution in [3.8, 4) is 44.5 Å². The molecule has 0 unspecified atom stereocenters. The van der Waals surface area contributed by atoms with Crippen molar-refractivity contribution in [1.82, 2.24) is 43.1 Å². The molecule has 606 valence electrons. The Labute approximate surface area is 743 Å². The molecule has 14 aromatic heterocycles. The van der Waals surface area contributed by atoms with Gasteiger partial charge in [-0.1, -0.05) is 190 Å². The quantitative estimate of drug-likeness (QED) is 0.168. The molecule has 0 aliphatic heterocycles. The van der Waals surface area contributed by atoms with Crippen molar-refractivity contribution in [2.75, 3.05) is 0 Å². The van der Waals surface area contributed by atoms with Crippen LogP contribution in [-0.4, -0.2) is 43.1 Å². The van der Waals surface area contributed by atoms with E-state index in [2.05, 4.69) is 270 Å². The third-order valence-electron chi connectivity index (χ3n) is 28.5. The van der Waals surface area contributed by atoms with Gasteiger partial charge in [0.2, 0.25) is 0 Å². The average molecular weight is 1690 g/mol. The second kappa shape index (κ2) is 25.1. The largest absolute Gasteiger partial charge is 0.456 e. The van der Waals surface area contributed by atoms with Crippen LogP contribution in [0.1, 0.15) is 25.0 Å². The fraction of sp³-hybridized carbons (Fsp3) is 0.0256. The summed E-state index contributed by atoms with van der Waals surface area (Å²) in [4.78, 5) is 31.2. The molecule has 33 rings (SSSR count). The third-order valence-corrected chi connectivity index (χ3v) is 29.6. The first-order valence-corrected chi connectivity index (χ1v) is 45.2. The number of benzene rings is 18. The van der Waals surface area contributed by atoms with Gasteiger partial charge in [-0.25, -0.2) is 29.9 Å². The third kappa shape index (κ3) is 9.40. The molecule has 18 aromatic carbocycles. The molecule has 0 radical (unpaired) electrons. The van der Waals surface area contributed by atoms with E-state index in [1.54, 1.807) is 0 Å². The second-order valence-electron chi connectivity index (χ2n) is 35.8. The molecule has 0 N–H and O–H groups in total. The maximum absolute atomic E-state index is 6.37. The Morgan fingerprint density at radius 1 is 0.221 bits per heavy atom. The SMILES string of the molecule is CC1(C)c2ccccc2-c2cc(-c3cc4c5nc6ccccc6nc5n5c6ccc7oc8ccccc8c7c6c(c3)c45)ccc21.c1ccc2nc3c(nc2c1)c1cc(-c2ccc4oc5ccccc5c4c2)cc2c4c5c(ccc4n3c12)oc1ccccc15.c1ccc2nc3c(nc2c1)c1cc(-c2ccc4sc5ccccc5c4c2)cc2c4c5c(ccc4n3c12)oc1ccccc15. The van der Waals surface area contributed by atoms with Crippen LogP contribution >= 0.6 is 11.3 Å². The number of para-hydroxylation sites is 10. The summed E-state index contributed by atoms with van der Waals surface area (Å²) in [5.74, 6) is 0. The highest BCUT2D eigenvalue weighted by Crippen LogP contribution is 2.54. The Bertz CT molecular complexity index is 10300. The summed E-state index contributed by atoms with van der Waals surface area (Å²) in [7, 11) is 0. The zero-order chi connectivity index (χ0) is 85.2. The lowest BCUT2D eigenvalue weighted by Crippen LogP contribution is -2.14. The van der Waals surface area contributed by atoms with Crippen LogP contribution in [0.4, 0.5) is 0 Å². The first-order chi connectivity index (χ1) is 64.7. The lowest BCUT2D eigenvalue weighted by Gasteiger charge is -2.21. The van der Waals surface area contributed by atoms with Gasteiger partial charge in [0.25, 0.3) is 0 Å². The van der Waals surface area contributed by atoms with Crippen LogP contribution < -0.4 is 0 Å². The summed E-state index contributed by atoms with van der Waals surface area (Å²) in [6.45, 7) is 4.67. The topological polar surface area (TPSA) is 143 Å². The van der Waals surface area contributed by atoms with Crippen molar-refractivity contribution in [1.29, 1.82) is 0 Å². The molecular weight excluding hydrogens is 1630 g/mol. The standard InChI is InChI=1S/C41H25N3O.C38H19N3O2.C38H19N3OS/c1-41(2)29-11-5-3-9-24(29)26-19-22(15-16-30(26)41)23-20-27-36-33(17-18-35-37(36)25-10-4-8-14-34(25)45-35)44-39(27)28(21-23)38-40(44)43-32-13-7-6-12-31(32)42-38;1-5-11-30-22(7-1)24-17-20(13-15-32(24)42-30)21-18-25-34-29(14-16-33-35(34)23-8-2-6-12-31(23)43-33)41-37(25)26(19-21)36-38(41)40-28-10-4-3-9-27(28)39-36;1-5-11-30-23(8-1)35-31(42-30)15-14-29-34(35)25-18-21(20-13-16-33-24(17-20)22-7-2-6-12-32(22)43-33)19-26-36-38(41(29)37(25)26)40-28-10-4-3-9-27(28)39-36/h3-21H,1-2H3;2*1-19H. The summed E-state index contributed by atoms with van der Waals surface area (Å²) in [5, 5.41) is 22.1. The molecule has 0 bridgehead atoms. The fourth-order valence-corrected chi connectivity index (χ4v) is 23.8. The minimum Gasteiger partial charge on any atom is -0.456 e. The Morgan fingerprint density at radius 2 is 0.542 bits per heavy atom. The number of hydrogen-bond donors (Lipinski definition) is 0. The molecule has 0 atom stereocenters. The highest BCUT2D eigenvalue weighted by molar-refractivity contribution is 7.25. The summed E-state index contributed by atoms with van der Waals surface area (Å²) in [6, 6.07) is 122. The number of fused-ring (bicyclic) bond motifs is 42. The second-order valence-corrected chi connectivity index (χ2v) is 36.8. The van der Waals surface area contributed by atoms with Gasteiger partial charge in [0.05, 0.1) is 66.2 Å². The van der Waals surface area contributed by atoms with E-state index in [1.807, 2.05) is 114 Å². The van der Waals surface area contributed by atoms with E-state index in [0.717, 1.165) is 215 Å². The van der Waals surface area contributed by atoms with Gasteiger partial charge in [0.1, 0.15) is 61.2 Å². The van der Waals surface area contributed by atoms with E-state index in [1.165, 1.54) is 97.0 Å². The molecule has 32 aromatic rings. The zero-order valence-electron chi connectivity index (χ0n) is 70.0. The molecule has 0 spiro atoms. The Morgan fingerprint density at radius 3 is 1.02 bits per heavy atom. The Balaban J connectivity index is 0.0000000928.